The smallest absolute Gasteiger partial charge is 0.337 e. The van der Waals surface area contributed by atoms with Crippen molar-refractivity contribution in [2.45, 2.75) is 19.8 Å². The van der Waals surface area contributed by atoms with Crippen LogP contribution in [-0.2, 0) is 6.42 Å². The van der Waals surface area contributed by atoms with Gasteiger partial charge in [0.05, 0.1) is 11.3 Å². The lowest BCUT2D eigenvalue weighted by Gasteiger charge is -2.16. The molecule has 0 radical (unpaired) electrons. The number of aryl methyl sites for hydroxylation is 1. The Morgan fingerprint density at radius 2 is 2.06 bits per heavy atom. The summed E-state index contributed by atoms with van der Waals surface area (Å²) in [5.74, 6) is -1.07. The van der Waals surface area contributed by atoms with Crippen LogP contribution < -0.4 is 0 Å². The van der Waals surface area contributed by atoms with Gasteiger partial charge < -0.3 is 15.0 Å². The largest absolute Gasteiger partial charge is 0.478 e. The Labute approximate surface area is 105 Å². The Balaban J connectivity index is 2.50. The van der Waals surface area contributed by atoms with Gasteiger partial charge >= 0.3 is 5.97 Å². The highest BCUT2D eigenvalue weighted by Gasteiger charge is 2.29. The monoisotopic (exact) mass is 248 g/mol. The Bertz CT molecular complexity index is 553. The maximum atomic E-state index is 12.2. The Kier molecular flexibility index (Phi) is 2.98. The topological polar surface area (TPSA) is 73.4 Å². The van der Waals surface area contributed by atoms with Crippen molar-refractivity contribution >= 4 is 11.8 Å². The Morgan fingerprint density at radius 3 is 2.61 bits per heavy atom. The van der Waals surface area contributed by atoms with E-state index in [1.807, 2.05) is 19.0 Å². The number of nitrogens with one attached hydrogen (secondary N) is 1. The van der Waals surface area contributed by atoms with Crippen LogP contribution in [0.5, 0.6) is 0 Å². The van der Waals surface area contributed by atoms with Crippen molar-refractivity contribution in [2.75, 3.05) is 14.1 Å². The second kappa shape index (κ2) is 4.33. The summed E-state index contributed by atoms with van der Waals surface area (Å²) < 4.78 is 0. The highest BCUT2D eigenvalue weighted by atomic mass is 16.4. The number of fused-ring (bicyclic) bond motifs is 1. The third-order valence-corrected chi connectivity index (χ3v) is 3.08. The first-order chi connectivity index (χ1) is 8.41. The number of nitrogens with zero attached hydrogens (tertiary/aromatic N) is 1. The lowest BCUT2D eigenvalue weighted by molar-refractivity contribution is 0.0695. The molecular formula is C13H16N2O3. The van der Waals surface area contributed by atoms with Crippen LogP contribution in [0.1, 0.15) is 38.5 Å². The van der Waals surface area contributed by atoms with E-state index in [4.69, 9.17) is 5.11 Å². The molecule has 0 amide bonds. The molecule has 2 N–H and O–H groups in total. The molecule has 0 unspecified atom stereocenters. The van der Waals surface area contributed by atoms with Crippen molar-refractivity contribution in [3.63, 3.8) is 0 Å². The van der Waals surface area contributed by atoms with Gasteiger partial charge in [-0.2, -0.15) is 0 Å². The average molecular weight is 248 g/mol. The molecule has 0 spiro atoms. The molecule has 1 aliphatic rings. The minimum absolute atomic E-state index is 0.0967. The summed E-state index contributed by atoms with van der Waals surface area (Å²) in [4.78, 5) is 28.1. The first-order valence-corrected chi connectivity index (χ1v) is 5.78. The number of aromatic carboxylic acids is 1. The predicted molar refractivity (Wildman–Crippen MR) is 66.9 cm³/mol. The van der Waals surface area contributed by atoms with Crippen LogP contribution in [0.25, 0.3) is 0 Å². The van der Waals surface area contributed by atoms with E-state index in [0.29, 0.717) is 35.4 Å². The molecule has 5 nitrogen and oxygen atoms in total. The zero-order valence-corrected chi connectivity index (χ0v) is 10.7. The number of hydrogen-bond donors (Lipinski definition) is 2. The number of carbonyl (C=O) groups is 2. The summed E-state index contributed by atoms with van der Waals surface area (Å²) in [5, 5.41) is 9.15. The molecule has 1 aromatic rings. The quantitative estimate of drug-likeness (QED) is 0.780. The number of carboxylic acids is 1. The van der Waals surface area contributed by atoms with Crippen LogP contribution in [-0.4, -0.2) is 40.8 Å². The Morgan fingerprint density at radius 1 is 1.39 bits per heavy atom. The van der Waals surface area contributed by atoms with E-state index < -0.39 is 5.97 Å². The zero-order chi connectivity index (χ0) is 13.4. The van der Waals surface area contributed by atoms with Gasteiger partial charge in [-0.05, 0) is 25.3 Å². The van der Waals surface area contributed by atoms with Crippen molar-refractivity contribution in [1.82, 2.24) is 9.88 Å². The highest BCUT2D eigenvalue weighted by Crippen LogP contribution is 2.29. The van der Waals surface area contributed by atoms with Crippen LogP contribution >= 0.6 is 0 Å². The number of aromatic nitrogens is 1. The molecule has 0 saturated heterocycles. The summed E-state index contributed by atoms with van der Waals surface area (Å²) in [5.41, 5.74) is 2.59. The summed E-state index contributed by atoms with van der Waals surface area (Å²) >= 11 is 0. The third kappa shape index (κ3) is 1.92. The molecule has 0 saturated carbocycles. The van der Waals surface area contributed by atoms with Gasteiger partial charge in [0.1, 0.15) is 0 Å². The van der Waals surface area contributed by atoms with Crippen molar-refractivity contribution in [2.24, 2.45) is 0 Å². The Hall–Kier alpha value is -2.04. The summed E-state index contributed by atoms with van der Waals surface area (Å²) in [6, 6.07) is 0. The maximum absolute atomic E-state index is 12.2. The lowest BCUT2D eigenvalue weighted by atomic mass is 9.90. The predicted octanol–water partition coefficient (Wildman–Crippen LogP) is 1.60. The van der Waals surface area contributed by atoms with Gasteiger partial charge in [-0.3, -0.25) is 4.79 Å². The van der Waals surface area contributed by atoms with E-state index in [1.54, 1.807) is 13.1 Å². The van der Waals surface area contributed by atoms with Gasteiger partial charge in [0.15, 0.2) is 0 Å². The van der Waals surface area contributed by atoms with Crippen molar-refractivity contribution in [3.05, 3.63) is 34.3 Å². The number of rotatable bonds is 2. The second-order valence-electron chi connectivity index (χ2n) is 4.73. The number of H-pyrrole nitrogens is 1. The SMILES string of the molecule is Cc1[nH]c2c(c1C(=O)O)CC/C(=C\N(C)C)C2=O. The molecule has 5 heteroatoms. The van der Waals surface area contributed by atoms with Gasteiger partial charge in [-0.25, -0.2) is 4.79 Å². The number of hydrogen-bond acceptors (Lipinski definition) is 3. The molecule has 0 bridgehead atoms. The molecule has 1 aliphatic carbocycles. The standard InChI is InChI=1S/C13H16N2O3/c1-7-10(13(17)18)9-5-4-8(6-15(2)3)12(16)11(9)14-7/h6,14H,4-5H2,1-3H3,(H,17,18)/b8-6+. The third-order valence-electron chi connectivity index (χ3n) is 3.08. The molecule has 96 valence electrons. The molecule has 0 aromatic carbocycles. The van der Waals surface area contributed by atoms with Crippen molar-refractivity contribution < 1.29 is 14.7 Å². The zero-order valence-electron chi connectivity index (χ0n) is 10.7. The number of Topliss-reactive ketones (excluding diaryl/α,β-unsaturated/α-hetero) is 1. The molecule has 0 aliphatic heterocycles. The van der Waals surface area contributed by atoms with Crippen LogP contribution in [0, 0.1) is 6.92 Å². The van der Waals surface area contributed by atoms with Crippen LogP contribution in [0.15, 0.2) is 11.8 Å². The van der Waals surface area contributed by atoms with E-state index in [1.165, 1.54) is 0 Å². The summed E-state index contributed by atoms with van der Waals surface area (Å²) in [7, 11) is 3.72. The molecule has 0 fully saturated rings. The van der Waals surface area contributed by atoms with Crippen LogP contribution in [0.2, 0.25) is 0 Å². The van der Waals surface area contributed by atoms with E-state index in [2.05, 4.69) is 4.98 Å². The highest BCUT2D eigenvalue weighted by molar-refractivity contribution is 6.11. The first-order valence-electron chi connectivity index (χ1n) is 5.78. The minimum Gasteiger partial charge on any atom is -0.478 e. The van der Waals surface area contributed by atoms with E-state index >= 15 is 0 Å². The summed E-state index contributed by atoms with van der Waals surface area (Å²) in [6.07, 6.45) is 2.97. The van der Waals surface area contributed by atoms with Crippen LogP contribution in [0.3, 0.4) is 0 Å². The van der Waals surface area contributed by atoms with Gasteiger partial charge in [0.25, 0.3) is 0 Å². The van der Waals surface area contributed by atoms with Crippen molar-refractivity contribution in [3.8, 4) is 0 Å². The fourth-order valence-corrected chi connectivity index (χ4v) is 2.38. The van der Waals surface area contributed by atoms with Crippen molar-refractivity contribution in [1.29, 1.82) is 0 Å². The fourth-order valence-electron chi connectivity index (χ4n) is 2.38. The van der Waals surface area contributed by atoms with Crippen LogP contribution in [0.4, 0.5) is 0 Å². The number of aromatic amines is 1. The molecule has 18 heavy (non-hydrogen) atoms. The van der Waals surface area contributed by atoms with E-state index in [9.17, 15) is 9.59 Å². The minimum atomic E-state index is -0.974. The number of allylic oxidation sites excluding steroid dienone is 1. The maximum Gasteiger partial charge on any atom is 0.337 e. The number of carboxylic acid groups (broad SMARTS) is 1. The van der Waals surface area contributed by atoms with Gasteiger partial charge in [-0.15, -0.1) is 0 Å². The lowest BCUT2D eigenvalue weighted by Crippen LogP contribution is -2.17. The number of ketones is 1. The molecule has 2 rings (SSSR count). The first kappa shape index (κ1) is 12.4. The molecule has 1 heterocycles. The fraction of sp³-hybridized carbons (Fsp3) is 0.385. The van der Waals surface area contributed by atoms with E-state index in [-0.39, 0.29) is 11.3 Å². The van der Waals surface area contributed by atoms with Gasteiger partial charge in [-0.1, -0.05) is 0 Å². The number of carbonyl (C=O) groups excluding carboxylic acids is 1. The molecule has 0 atom stereocenters. The average Bonchev–Trinajstić information content (AvgIpc) is 2.59. The molecular weight excluding hydrogens is 232 g/mol. The van der Waals surface area contributed by atoms with E-state index in [0.717, 1.165) is 0 Å². The second-order valence-corrected chi connectivity index (χ2v) is 4.73. The normalized spacial score (nSPS) is 16.8. The van der Waals surface area contributed by atoms with Gasteiger partial charge in [0, 0.05) is 31.6 Å². The summed E-state index contributed by atoms with van der Waals surface area (Å²) in [6.45, 7) is 1.68. The van der Waals surface area contributed by atoms with Gasteiger partial charge in [0.2, 0.25) is 5.78 Å². The molecule has 1 aromatic heterocycles.